The molecule has 2 rings (SSSR count). The predicted molar refractivity (Wildman–Crippen MR) is 87.9 cm³/mol. The molecular weight excluding hydrogens is 264 g/mol. The van der Waals surface area contributed by atoms with E-state index in [0.29, 0.717) is 6.04 Å². The first-order valence-corrected chi connectivity index (χ1v) is 8.66. The van der Waals surface area contributed by atoms with Crippen molar-refractivity contribution in [1.29, 1.82) is 0 Å². The molecule has 2 aliphatic rings. The van der Waals surface area contributed by atoms with Crippen LogP contribution in [0.5, 0.6) is 0 Å². The van der Waals surface area contributed by atoms with E-state index in [1.807, 2.05) is 7.05 Å². The van der Waals surface area contributed by atoms with Crippen LogP contribution in [0.3, 0.4) is 0 Å². The van der Waals surface area contributed by atoms with Crippen molar-refractivity contribution in [2.24, 2.45) is 4.99 Å². The molecule has 5 heteroatoms. The molecule has 1 saturated carbocycles. The van der Waals surface area contributed by atoms with E-state index in [1.54, 1.807) is 0 Å². The molecule has 0 aromatic rings. The fourth-order valence-electron chi connectivity index (χ4n) is 3.13. The van der Waals surface area contributed by atoms with Crippen molar-refractivity contribution in [3.63, 3.8) is 0 Å². The number of rotatable bonds is 6. The summed E-state index contributed by atoms with van der Waals surface area (Å²) in [5.41, 5.74) is 0. The van der Waals surface area contributed by atoms with E-state index < -0.39 is 0 Å². The minimum Gasteiger partial charge on any atom is -0.379 e. The summed E-state index contributed by atoms with van der Waals surface area (Å²) >= 11 is 0. The van der Waals surface area contributed by atoms with E-state index in [-0.39, 0.29) is 0 Å². The number of hydrogen-bond donors (Lipinski definition) is 2. The molecule has 0 unspecified atom stereocenters. The van der Waals surface area contributed by atoms with Gasteiger partial charge in [0.1, 0.15) is 0 Å². The van der Waals surface area contributed by atoms with Crippen LogP contribution in [0.4, 0.5) is 0 Å². The van der Waals surface area contributed by atoms with Gasteiger partial charge in [0.2, 0.25) is 0 Å². The lowest BCUT2D eigenvalue weighted by molar-refractivity contribution is 0.0372. The minimum absolute atomic E-state index is 0.623. The number of guanidine groups is 1. The van der Waals surface area contributed by atoms with Crippen LogP contribution in [0.2, 0.25) is 0 Å². The van der Waals surface area contributed by atoms with Crippen LogP contribution in [0.15, 0.2) is 4.99 Å². The third-order valence-electron chi connectivity index (χ3n) is 4.47. The molecule has 0 aromatic heterocycles. The van der Waals surface area contributed by atoms with Crippen molar-refractivity contribution in [2.75, 3.05) is 46.4 Å². The van der Waals surface area contributed by atoms with Gasteiger partial charge in [-0.3, -0.25) is 9.89 Å². The molecule has 122 valence electrons. The highest BCUT2D eigenvalue weighted by atomic mass is 16.5. The summed E-state index contributed by atoms with van der Waals surface area (Å²) in [6.45, 7) is 6.19. The summed E-state index contributed by atoms with van der Waals surface area (Å²) in [7, 11) is 1.87. The summed E-state index contributed by atoms with van der Waals surface area (Å²) in [4.78, 5) is 6.84. The van der Waals surface area contributed by atoms with Crippen molar-refractivity contribution in [1.82, 2.24) is 15.5 Å². The maximum Gasteiger partial charge on any atom is 0.191 e. The van der Waals surface area contributed by atoms with Gasteiger partial charge in [0.25, 0.3) is 0 Å². The smallest absolute Gasteiger partial charge is 0.191 e. The Bertz CT molecular complexity index is 297. The molecule has 1 heterocycles. The van der Waals surface area contributed by atoms with Gasteiger partial charge in [-0.2, -0.15) is 0 Å². The first kappa shape index (κ1) is 16.6. The molecule has 0 amide bonds. The Kier molecular flexibility index (Phi) is 7.89. The standard InChI is InChI=1S/C16H32N4O/c1-17-16(19-15-7-3-2-4-8-15)18-9-5-6-10-20-11-13-21-14-12-20/h15H,2-14H2,1H3,(H2,17,18,19). The second kappa shape index (κ2) is 10.0. The van der Waals surface area contributed by atoms with Crippen molar-refractivity contribution >= 4 is 5.96 Å². The Morgan fingerprint density at radius 2 is 1.90 bits per heavy atom. The average Bonchev–Trinajstić information content (AvgIpc) is 2.55. The number of hydrogen-bond acceptors (Lipinski definition) is 3. The van der Waals surface area contributed by atoms with Gasteiger partial charge in [0.05, 0.1) is 13.2 Å². The molecule has 0 atom stereocenters. The summed E-state index contributed by atoms with van der Waals surface area (Å²) in [5.74, 6) is 0.980. The maximum absolute atomic E-state index is 5.37. The zero-order valence-electron chi connectivity index (χ0n) is 13.6. The first-order chi connectivity index (χ1) is 10.4. The van der Waals surface area contributed by atoms with Gasteiger partial charge >= 0.3 is 0 Å². The van der Waals surface area contributed by atoms with Crippen LogP contribution < -0.4 is 10.6 Å². The Morgan fingerprint density at radius 3 is 2.62 bits per heavy atom. The maximum atomic E-state index is 5.37. The highest BCUT2D eigenvalue weighted by Gasteiger charge is 2.14. The van der Waals surface area contributed by atoms with E-state index in [2.05, 4.69) is 20.5 Å². The van der Waals surface area contributed by atoms with Crippen LogP contribution in [0.1, 0.15) is 44.9 Å². The molecule has 2 N–H and O–H groups in total. The van der Waals surface area contributed by atoms with E-state index in [1.165, 1.54) is 51.5 Å². The summed E-state index contributed by atoms with van der Waals surface area (Å²) in [6.07, 6.45) is 9.12. The highest BCUT2D eigenvalue weighted by Crippen LogP contribution is 2.17. The zero-order valence-corrected chi connectivity index (χ0v) is 13.6. The van der Waals surface area contributed by atoms with Crippen LogP contribution in [0, 0.1) is 0 Å². The SMILES string of the molecule is CN=C(NCCCCN1CCOCC1)NC1CCCCC1. The number of unbranched alkanes of at least 4 members (excludes halogenated alkanes) is 1. The molecule has 0 bridgehead atoms. The van der Waals surface area contributed by atoms with Crippen molar-refractivity contribution in [2.45, 2.75) is 51.0 Å². The summed E-state index contributed by atoms with van der Waals surface area (Å²) in [5, 5.41) is 7.01. The molecule has 1 aliphatic carbocycles. The van der Waals surface area contributed by atoms with E-state index in [4.69, 9.17) is 4.74 Å². The van der Waals surface area contributed by atoms with Gasteiger partial charge in [-0.15, -0.1) is 0 Å². The second-order valence-corrected chi connectivity index (χ2v) is 6.14. The van der Waals surface area contributed by atoms with Crippen molar-refractivity contribution in [3.8, 4) is 0 Å². The third kappa shape index (κ3) is 6.66. The Balaban J connectivity index is 1.51. The molecule has 21 heavy (non-hydrogen) atoms. The van der Waals surface area contributed by atoms with Crippen LogP contribution in [-0.4, -0.2) is 63.3 Å². The Labute approximate surface area is 129 Å². The van der Waals surface area contributed by atoms with Crippen molar-refractivity contribution in [3.05, 3.63) is 0 Å². The van der Waals surface area contributed by atoms with E-state index in [0.717, 1.165) is 38.8 Å². The second-order valence-electron chi connectivity index (χ2n) is 6.14. The van der Waals surface area contributed by atoms with E-state index in [9.17, 15) is 0 Å². The number of morpholine rings is 1. The van der Waals surface area contributed by atoms with Gasteiger partial charge in [-0.05, 0) is 32.2 Å². The molecule has 0 radical (unpaired) electrons. The predicted octanol–water partition coefficient (Wildman–Crippen LogP) is 1.60. The highest BCUT2D eigenvalue weighted by molar-refractivity contribution is 5.79. The topological polar surface area (TPSA) is 48.9 Å². The van der Waals surface area contributed by atoms with Gasteiger partial charge in [0, 0.05) is 32.7 Å². The average molecular weight is 296 g/mol. The lowest BCUT2D eigenvalue weighted by Gasteiger charge is -2.26. The molecule has 1 aliphatic heterocycles. The van der Waals surface area contributed by atoms with Crippen molar-refractivity contribution < 1.29 is 4.74 Å². The quantitative estimate of drug-likeness (QED) is 0.444. The lowest BCUT2D eigenvalue weighted by Crippen LogP contribution is -2.44. The first-order valence-electron chi connectivity index (χ1n) is 8.66. The zero-order chi connectivity index (χ0) is 14.8. The molecule has 5 nitrogen and oxygen atoms in total. The van der Waals surface area contributed by atoms with Gasteiger partial charge in [-0.25, -0.2) is 0 Å². The van der Waals surface area contributed by atoms with Crippen LogP contribution >= 0.6 is 0 Å². The number of aliphatic imine (C=N–C) groups is 1. The monoisotopic (exact) mass is 296 g/mol. The van der Waals surface area contributed by atoms with Crippen LogP contribution in [-0.2, 0) is 4.74 Å². The number of nitrogens with zero attached hydrogens (tertiary/aromatic N) is 2. The number of nitrogens with one attached hydrogen (secondary N) is 2. The van der Waals surface area contributed by atoms with Gasteiger partial charge in [-0.1, -0.05) is 19.3 Å². The largest absolute Gasteiger partial charge is 0.379 e. The third-order valence-corrected chi connectivity index (χ3v) is 4.47. The summed E-state index contributed by atoms with van der Waals surface area (Å²) in [6, 6.07) is 0.623. The van der Waals surface area contributed by atoms with Gasteiger partial charge in [0.15, 0.2) is 5.96 Å². The molecule has 2 fully saturated rings. The number of ether oxygens (including phenoxy) is 1. The molecule has 0 aromatic carbocycles. The Hall–Kier alpha value is -0.810. The normalized spacial score (nSPS) is 22.2. The fraction of sp³-hybridized carbons (Fsp3) is 0.938. The molecule has 1 saturated heterocycles. The fourth-order valence-corrected chi connectivity index (χ4v) is 3.13. The Morgan fingerprint density at radius 1 is 1.14 bits per heavy atom. The minimum atomic E-state index is 0.623. The van der Waals surface area contributed by atoms with Crippen LogP contribution in [0.25, 0.3) is 0 Å². The summed E-state index contributed by atoms with van der Waals surface area (Å²) < 4.78 is 5.37. The van der Waals surface area contributed by atoms with Gasteiger partial charge < -0.3 is 15.4 Å². The lowest BCUT2D eigenvalue weighted by atomic mass is 9.96. The molecular formula is C16H32N4O. The molecule has 0 spiro atoms. The van der Waals surface area contributed by atoms with E-state index >= 15 is 0 Å².